The highest BCUT2D eigenvalue weighted by Gasteiger charge is 2.48. The Balaban J connectivity index is 2.09. The predicted octanol–water partition coefficient (Wildman–Crippen LogP) is 0.764. The van der Waals surface area contributed by atoms with Crippen molar-refractivity contribution in [1.29, 1.82) is 0 Å². The summed E-state index contributed by atoms with van der Waals surface area (Å²) >= 11 is 0. The summed E-state index contributed by atoms with van der Waals surface area (Å²) < 4.78 is 12.4. The first-order valence-electron chi connectivity index (χ1n) is 9.44. The van der Waals surface area contributed by atoms with Crippen molar-refractivity contribution in [2.75, 3.05) is 0 Å². The SMILES string of the molecule is CC(C)(BO)OBC1(BOC(C)(C)BO)c2ccccc2-c2ccccc21. The molecule has 0 atom stereocenters. The number of rotatable bonds is 8. The minimum absolute atomic E-state index is 0.0602. The van der Waals surface area contributed by atoms with Gasteiger partial charge in [-0.05, 0) is 49.9 Å². The predicted molar refractivity (Wildman–Crippen MR) is 116 cm³/mol. The Kier molecular flexibility index (Phi) is 5.64. The second kappa shape index (κ2) is 7.51. The molecule has 2 N–H and O–H groups in total. The topological polar surface area (TPSA) is 58.9 Å². The molecule has 2 aromatic carbocycles. The van der Waals surface area contributed by atoms with E-state index in [1.165, 1.54) is 11.1 Å². The lowest BCUT2D eigenvalue weighted by Crippen LogP contribution is -2.49. The van der Waals surface area contributed by atoms with Crippen molar-refractivity contribution >= 4 is 29.9 Å². The lowest BCUT2D eigenvalue weighted by molar-refractivity contribution is 0.173. The van der Waals surface area contributed by atoms with Gasteiger partial charge in [0.15, 0.2) is 0 Å². The van der Waals surface area contributed by atoms with E-state index in [0.717, 1.165) is 11.1 Å². The molecule has 0 saturated carbocycles. The van der Waals surface area contributed by atoms with Crippen LogP contribution in [0.2, 0.25) is 0 Å². The average molecular weight is 362 g/mol. The van der Waals surface area contributed by atoms with E-state index >= 15 is 0 Å². The van der Waals surface area contributed by atoms with E-state index in [4.69, 9.17) is 9.31 Å². The van der Waals surface area contributed by atoms with E-state index in [1.807, 2.05) is 52.0 Å². The fourth-order valence-electron chi connectivity index (χ4n) is 3.50. The maximum Gasteiger partial charge on any atom is 0.301 e. The summed E-state index contributed by atoms with van der Waals surface area (Å²) in [6.07, 6.45) is 0. The fraction of sp³-hybridized carbons (Fsp3) is 0.368. The van der Waals surface area contributed by atoms with Gasteiger partial charge in [0.1, 0.15) is 0 Å². The van der Waals surface area contributed by atoms with Gasteiger partial charge in [-0.25, -0.2) is 0 Å². The van der Waals surface area contributed by atoms with Crippen molar-refractivity contribution in [1.82, 2.24) is 0 Å². The molecule has 0 spiro atoms. The Labute approximate surface area is 164 Å². The van der Waals surface area contributed by atoms with Crippen LogP contribution in [0.15, 0.2) is 48.5 Å². The molecular weight excluding hydrogens is 335 g/mol. The molecule has 0 bridgehead atoms. The maximum atomic E-state index is 9.65. The number of hydrogen-bond acceptors (Lipinski definition) is 4. The van der Waals surface area contributed by atoms with Gasteiger partial charge in [0.05, 0.1) is 0 Å². The molecule has 0 radical (unpaired) electrons. The maximum absolute atomic E-state index is 9.65. The van der Waals surface area contributed by atoms with Gasteiger partial charge in [0.25, 0.3) is 15.0 Å². The van der Waals surface area contributed by atoms with Crippen LogP contribution in [0.3, 0.4) is 0 Å². The smallest absolute Gasteiger partial charge is 0.301 e. The molecule has 0 saturated heterocycles. The van der Waals surface area contributed by atoms with E-state index in [0.29, 0.717) is 15.0 Å². The Morgan fingerprint density at radius 1 is 0.704 bits per heavy atom. The minimum Gasteiger partial charge on any atom is -0.451 e. The summed E-state index contributed by atoms with van der Waals surface area (Å²) in [5.41, 5.74) is 3.40. The first-order valence-corrected chi connectivity index (χ1v) is 9.44. The van der Waals surface area contributed by atoms with Crippen LogP contribution in [0.5, 0.6) is 0 Å². The van der Waals surface area contributed by atoms with Crippen molar-refractivity contribution in [2.24, 2.45) is 0 Å². The molecule has 0 aromatic heterocycles. The van der Waals surface area contributed by atoms with Gasteiger partial charge in [0.2, 0.25) is 0 Å². The normalized spacial score (nSPS) is 14.9. The third-order valence-electron chi connectivity index (χ3n) is 5.36. The first kappa shape index (κ1) is 20.3. The van der Waals surface area contributed by atoms with Crippen LogP contribution in [-0.2, 0) is 14.5 Å². The van der Waals surface area contributed by atoms with E-state index in [9.17, 15) is 10.0 Å². The zero-order valence-corrected chi connectivity index (χ0v) is 16.7. The van der Waals surface area contributed by atoms with Crippen LogP contribution in [0, 0.1) is 0 Å². The van der Waals surface area contributed by atoms with Crippen LogP contribution < -0.4 is 0 Å². The monoisotopic (exact) mass is 362 g/mol. The summed E-state index contributed by atoms with van der Waals surface area (Å²) in [5, 5.41) is 18.8. The van der Waals surface area contributed by atoms with Crippen LogP contribution in [-0.4, -0.2) is 51.0 Å². The van der Waals surface area contributed by atoms with E-state index in [1.54, 1.807) is 0 Å². The van der Waals surface area contributed by atoms with Crippen LogP contribution in [0.4, 0.5) is 0 Å². The second-order valence-electron chi connectivity index (χ2n) is 8.59. The molecule has 0 amide bonds. The average Bonchev–Trinajstić information content (AvgIpc) is 2.96. The molecule has 8 heteroatoms. The molecule has 0 aliphatic heterocycles. The van der Waals surface area contributed by atoms with E-state index < -0.39 is 16.2 Å². The highest BCUT2D eigenvalue weighted by atomic mass is 16.5. The van der Waals surface area contributed by atoms with Crippen LogP contribution in [0.25, 0.3) is 11.1 Å². The Hall–Kier alpha value is -1.46. The third kappa shape index (κ3) is 3.90. The Bertz CT molecular complexity index is 742. The lowest BCUT2D eigenvalue weighted by Gasteiger charge is -2.35. The number of benzene rings is 2. The Morgan fingerprint density at radius 3 is 1.44 bits per heavy atom. The van der Waals surface area contributed by atoms with Gasteiger partial charge in [-0.1, -0.05) is 48.5 Å². The van der Waals surface area contributed by atoms with Gasteiger partial charge >= 0.3 is 15.0 Å². The molecule has 1 aliphatic rings. The standard InChI is InChI=1S/C19H26B4O4/c1-17(2,20-24)26-22-19(23-27-18(3,4)21-25)15-11-7-5-9-13(15)14-10-6-8-12-16(14)19/h5-12,20-25H,1-4H3. The molecule has 4 nitrogen and oxygen atoms in total. The summed E-state index contributed by atoms with van der Waals surface area (Å²) in [5.74, 6) is 0. The van der Waals surface area contributed by atoms with Gasteiger partial charge in [-0.3, -0.25) is 0 Å². The van der Waals surface area contributed by atoms with Crippen molar-refractivity contribution in [3.8, 4) is 11.1 Å². The highest BCUT2D eigenvalue weighted by Crippen LogP contribution is 2.48. The van der Waals surface area contributed by atoms with E-state index in [-0.39, 0.29) is 15.0 Å². The lowest BCUT2D eigenvalue weighted by atomic mass is 9.42. The molecule has 0 heterocycles. The summed E-state index contributed by atoms with van der Waals surface area (Å²) in [6.45, 7) is 7.52. The minimum atomic E-state index is -0.647. The second-order valence-corrected chi connectivity index (χ2v) is 8.59. The molecule has 1 aliphatic carbocycles. The van der Waals surface area contributed by atoms with Gasteiger partial charge < -0.3 is 19.4 Å². The summed E-state index contributed by atoms with van der Waals surface area (Å²) in [4.78, 5) is 0. The molecule has 138 valence electrons. The van der Waals surface area contributed by atoms with Crippen molar-refractivity contribution in [2.45, 2.75) is 43.9 Å². The highest BCUT2D eigenvalue weighted by molar-refractivity contribution is 6.59. The van der Waals surface area contributed by atoms with Crippen molar-refractivity contribution in [3.63, 3.8) is 0 Å². The van der Waals surface area contributed by atoms with Gasteiger partial charge in [-0.15, -0.1) is 0 Å². The first-order chi connectivity index (χ1) is 12.7. The molecule has 2 aromatic rings. The van der Waals surface area contributed by atoms with Crippen molar-refractivity contribution in [3.05, 3.63) is 59.7 Å². The number of fused-ring (bicyclic) bond motifs is 3. The molecule has 0 unspecified atom stereocenters. The zero-order valence-electron chi connectivity index (χ0n) is 16.7. The van der Waals surface area contributed by atoms with Crippen molar-refractivity contribution < 1.29 is 19.4 Å². The molecular formula is C19H26B4O4. The van der Waals surface area contributed by atoms with E-state index in [2.05, 4.69) is 24.3 Å². The molecule has 27 heavy (non-hydrogen) atoms. The fourth-order valence-corrected chi connectivity index (χ4v) is 3.50. The van der Waals surface area contributed by atoms with Crippen LogP contribution >= 0.6 is 0 Å². The van der Waals surface area contributed by atoms with Gasteiger partial charge in [-0.2, -0.15) is 0 Å². The quantitative estimate of drug-likeness (QED) is 0.682. The van der Waals surface area contributed by atoms with Gasteiger partial charge in [0, 0.05) is 16.2 Å². The zero-order chi connectivity index (χ0) is 19.7. The number of hydrogen-bond donors (Lipinski definition) is 2. The molecule has 0 fully saturated rings. The summed E-state index contributed by atoms with van der Waals surface area (Å²) in [7, 11) is 0.650. The largest absolute Gasteiger partial charge is 0.451 e. The summed E-state index contributed by atoms with van der Waals surface area (Å²) in [6, 6.07) is 16.7. The van der Waals surface area contributed by atoms with Crippen LogP contribution in [0.1, 0.15) is 38.8 Å². The third-order valence-corrected chi connectivity index (χ3v) is 5.36. The molecule has 3 rings (SSSR count). The Morgan fingerprint density at radius 2 is 1.07 bits per heavy atom.